The summed E-state index contributed by atoms with van der Waals surface area (Å²) in [4.78, 5) is 25.2. The number of hydrogen-bond donors (Lipinski definition) is 1. The summed E-state index contributed by atoms with van der Waals surface area (Å²) < 4.78 is 5.41. The molecule has 0 bridgehead atoms. The van der Waals surface area contributed by atoms with Crippen LogP contribution >= 0.6 is 0 Å². The van der Waals surface area contributed by atoms with Crippen LogP contribution in [0.25, 0.3) is 0 Å². The third-order valence-electron chi connectivity index (χ3n) is 5.23. The van der Waals surface area contributed by atoms with Crippen LogP contribution in [0.4, 0.5) is 5.69 Å². The number of carbonyl (C=O) groups is 2. The maximum Gasteiger partial charge on any atom is 0.314 e. The summed E-state index contributed by atoms with van der Waals surface area (Å²) in [5, 5.41) is 2.94. The fourth-order valence-electron chi connectivity index (χ4n) is 3.40. The number of carbonyl (C=O) groups excluding carboxylic acids is 2. The highest BCUT2D eigenvalue weighted by atomic mass is 16.5. The lowest BCUT2D eigenvalue weighted by Gasteiger charge is -2.22. The van der Waals surface area contributed by atoms with Crippen molar-refractivity contribution >= 4 is 17.6 Å². The molecule has 0 fully saturated rings. The summed E-state index contributed by atoms with van der Waals surface area (Å²) in [5.74, 6) is -0.895. The fraction of sp³-hybridized carbons (Fsp3) is 0.417. The number of nitrogens with one attached hydrogen (secondary N) is 1. The van der Waals surface area contributed by atoms with E-state index in [2.05, 4.69) is 26.1 Å². The van der Waals surface area contributed by atoms with Crippen molar-refractivity contribution in [1.82, 2.24) is 0 Å². The smallest absolute Gasteiger partial charge is 0.314 e. The summed E-state index contributed by atoms with van der Waals surface area (Å²) >= 11 is 0. The SMILES string of the molecule is CCc1cccc(CC)c1NC(=O)COC(=O)[C@@H](c1ccccc1)[C@H](C)CC. The van der Waals surface area contributed by atoms with Crippen molar-refractivity contribution < 1.29 is 14.3 Å². The molecule has 4 nitrogen and oxygen atoms in total. The van der Waals surface area contributed by atoms with E-state index in [-0.39, 0.29) is 30.3 Å². The van der Waals surface area contributed by atoms with Gasteiger partial charge in [-0.15, -0.1) is 0 Å². The lowest BCUT2D eigenvalue weighted by atomic mass is 9.86. The monoisotopic (exact) mass is 381 g/mol. The molecule has 0 saturated carbocycles. The van der Waals surface area contributed by atoms with E-state index in [1.165, 1.54) is 0 Å². The highest BCUT2D eigenvalue weighted by molar-refractivity contribution is 5.94. The maximum atomic E-state index is 12.7. The van der Waals surface area contributed by atoms with Crippen LogP contribution in [0.15, 0.2) is 48.5 Å². The van der Waals surface area contributed by atoms with Gasteiger partial charge < -0.3 is 10.1 Å². The van der Waals surface area contributed by atoms with E-state index >= 15 is 0 Å². The number of amides is 1. The van der Waals surface area contributed by atoms with Gasteiger partial charge in [-0.2, -0.15) is 0 Å². The zero-order chi connectivity index (χ0) is 20.5. The van der Waals surface area contributed by atoms with Gasteiger partial charge in [0, 0.05) is 5.69 Å². The second-order valence-corrected chi connectivity index (χ2v) is 7.09. The Labute approximate surface area is 168 Å². The Morgan fingerprint density at radius 3 is 2.07 bits per heavy atom. The highest BCUT2D eigenvalue weighted by Crippen LogP contribution is 2.28. The molecule has 0 unspecified atom stereocenters. The predicted octanol–water partition coefficient (Wildman–Crippen LogP) is 5.12. The summed E-state index contributed by atoms with van der Waals surface area (Å²) in [6.45, 7) is 7.92. The van der Waals surface area contributed by atoms with E-state index < -0.39 is 0 Å². The van der Waals surface area contributed by atoms with Crippen LogP contribution in [0.1, 0.15) is 56.7 Å². The number of esters is 1. The second-order valence-electron chi connectivity index (χ2n) is 7.09. The molecule has 1 N–H and O–H groups in total. The van der Waals surface area contributed by atoms with E-state index in [0.29, 0.717) is 0 Å². The van der Waals surface area contributed by atoms with Crippen LogP contribution in [0.5, 0.6) is 0 Å². The molecule has 4 heteroatoms. The van der Waals surface area contributed by atoms with Crippen LogP contribution < -0.4 is 5.32 Å². The Morgan fingerprint density at radius 1 is 0.929 bits per heavy atom. The molecule has 0 radical (unpaired) electrons. The number of hydrogen-bond acceptors (Lipinski definition) is 3. The lowest BCUT2D eigenvalue weighted by Crippen LogP contribution is -2.27. The molecule has 0 aliphatic rings. The van der Waals surface area contributed by atoms with E-state index in [4.69, 9.17) is 4.74 Å². The first kappa shape index (κ1) is 21.7. The normalized spacial score (nSPS) is 12.9. The molecule has 0 saturated heterocycles. The largest absolute Gasteiger partial charge is 0.455 e. The standard InChI is InChI=1S/C24H31NO3/c1-5-17(4)22(20-12-9-8-10-13-20)24(27)28-16-21(26)25-23-18(6-2)14-11-15-19(23)7-3/h8-15,17,22H,5-7,16H2,1-4H3,(H,25,26)/t17-,22-/m1/s1. The quantitative estimate of drug-likeness (QED) is 0.613. The van der Waals surface area contributed by atoms with Crippen molar-refractivity contribution in [3.05, 3.63) is 65.2 Å². The lowest BCUT2D eigenvalue weighted by molar-refractivity contribution is -0.150. The van der Waals surface area contributed by atoms with Gasteiger partial charge >= 0.3 is 5.97 Å². The Hall–Kier alpha value is -2.62. The van der Waals surface area contributed by atoms with Crippen molar-refractivity contribution in [2.45, 2.75) is 52.9 Å². The third kappa shape index (κ3) is 5.44. The highest BCUT2D eigenvalue weighted by Gasteiger charge is 2.27. The van der Waals surface area contributed by atoms with Gasteiger partial charge in [-0.3, -0.25) is 9.59 Å². The summed E-state index contributed by atoms with van der Waals surface area (Å²) in [6, 6.07) is 15.6. The molecule has 2 aromatic carbocycles. The molecular formula is C24H31NO3. The molecule has 0 heterocycles. The summed E-state index contributed by atoms with van der Waals surface area (Å²) in [6.07, 6.45) is 2.51. The molecule has 150 valence electrons. The first-order valence-electron chi connectivity index (χ1n) is 10.1. The van der Waals surface area contributed by atoms with Crippen LogP contribution in [-0.4, -0.2) is 18.5 Å². The number of benzene rings is 2. The van der Waals surface area contributed by atoms with Crippen molar-refractivity contribution in [3.8, 4) is 0 Å². The number of para-hydroxylation sites is 1. The zero-order valence-electron chi connectivity index (χ0n) is 17.3. The fourth-order valence-corrected chi connectivity index (χ4v) is 3.40. The van der Waals surface area contributed by atoms with Crippen LogP contribution in [0, 0.1) is 5.92 Å². The van der Waals surface area contributed by atoms with Crippen molar-refractivity contribution in [3.63, 3.8) is 0 Å². The Balaban J connectivity index is 2.06. The summed E-state index contributed by atoms with van der Waals surface area (Å²) in [5.41, 5.74) is 3.93. The van der Waals surface area contributed by atoms with E-state index in [1.54, 1.807) is 0 Å². The van der Waals surface area contributed by atoms with Gasteiger partial charge in [0.25, 0.3) is 5.91 Å². The van der Waals surface area contributed by atoms with Gasteiger partial charge in [0.15, 0.2) is 6.61 Å². The number of anilines is 1. The Bertz CT molecular complexity index is 763. The molecule has 0 aromatic heterocycles. The summed E-state index contributed by atoms with van der Waals surface area (Å²) in [7, 11) is 0. The van der Waals surface area contributed by atoms with E-state index in [9.17, 15) is 9.59 Å². The van der Waals surface area contributed by atoms with Crippen molar-refractivity contribution in [2.24, 2.45) is 5.92 Å². The minimum absolute atomic E-state index is 0.130. The van der Waals surface area contributed by atoms with Gasteiger partial charge in [0.2, 0.25) is 0 Å². The molecule has 2 rings (SSSR count). The molecule has 0 aliphatic carbocycles. The number of ether oxygens (including phenoxy) is 1. The van der Waals surface area contributed by atoms with Crippen molar-refractivity contribution in [1.29, 1.82) is 0 Å². The second kappa shape index (κ2) is 10.6. The van der Waals surface area contributed by atoms with Crippen LogP contribution in [0.3, 0.4) is 0 Å². The van der Waals surface area contributed by atoms with E-state index in [1.807, 2.05) is 55.5 Å². The van der Waals surface area contributed by atoms with Crippen LogP contribution in [0.2, 0.25) is 0 Å². The van der Waals surface area contributed by atoms with Crippen LogP contribution in [-0.2, 0) is 27.2 Å². The number of aryl methyl sites for hydroxylation is 2. The topological polar surface area (TPSA) is 55.4 Å². The zero-order valence-corrected chi connectivity index (χ0v) is 17.3. The van der Waals surface area contributed by atoms with Gasteiger partial charge in [0.1, 0.15) is 0 Å². The molecule has 2 aromatic rings. The van der Waals surface area contributed by atoms with Gasteiger partial charge in [-0.1, -0.05) is 82.6 Å². The maximum absolute atomic E-state index is 12.7. The minimum atomic E-state index is -0.367. The average Bonchev–Trinajstić information content (AvgIpc) is 2.73. The predicted molar refractivity (Wildman–Crippen MR) is 113 cm³/mol. The first-order chi connectivity index (χ1) is 13.5. The molecular weight excluding hydrogens is 350 g/mol. The first-order valence-corrected chi connectivity index (χ1v) is 10.1. The Kier molecular flexibility index (Phi) is 8.24. The van der Waals surface area contributed by atoms with E-state index in [0.717, 1.165) is 41.6 Å². The average molecular weight is 382 g/mol. The molecule has 28 heavy (non-hydrogen) atoms. The number of rotatable bonds is 9. The van der Waals surface area contributed by atoms with Crippen molar-refractivity contribution in [2.75, 3.05) is 11.9 Å². The molecule has 0 aliphatic heterocycles. The van der Waals surface area contributed by atoms with Gasteiger partial charge in [0.05, 0.1) is 5.92 Å². The van der Waals surface area contributed by atoms with Gasteiger partial charge in [-0.05, 0) is 35.4 Å². The molecule has 2 atom stereocenters. The molecule has 0 spiro atoms. The minimum Gasteiger partial charge on any atom is -0.455 e. The molecule has 1 amide bonds. The third-order valence-corrected chi connectivity index (χ3v) is 5.23. The van der Waals surface area contributed by atoms with Gasteiger partial charge in [-0.25, -0.2) is 0 Å². The Morgan fingerprint density at radius 2 is 1.54 bits per heavy atom.